The predicted octanol–water partition coefficient (Wildman–Crippen LogP) is 3.39. The molecule has 106 valence electrons. The molecule has 1 heterocycles. The summed E-state index contributed by atoms with van der Waals surface area (Å²) < 4.78 is 11.4. The van der Waals surface area contributed by atoms with E-state index in [1.807, 2.05) is 12.1 Å². The number of rotatable bonds is 5. The van der Waals surface area contributed by atoms with E-state index in [9.17, 15) is 5.11 Å². The van der Waals surface area contributed by atoms with Crippen molar-refractivity contribution in [1.82, 2.24) is 0 Å². The van der Waals surface area contributed by atoms with Crippen LogP contribution in [0.3, 0.4) is 0 Å². The van der Waals surface area contributed by atoms with Gasteiger partial charge in [0.15, 0.2) is 6.29 Å². The first kappa shape index (κ1) is 14.5. The van der Waals surface area contributed by atoms with E-state index in [1.165, 1.54) is 12.0 Å². The molecular formula is C16H24O3. The third-order valence-corrected chi connectivity index (χ3v) is 3.63. The topological polar surface area (TPSA) is 38.7 Å². The van der Waals surface area contributed by atoms with Crippen LogP contribution < -0.4 is 0 Å². The van der Waals surface area contributed by atoms with Crippen LogP contribution in [0.1, 0.15) is 56.3 Å². The second-order valence-corrected chi connectivity index (χ2v) is 5.38. The lowest BCUT2D eigenvalue weighted by atomic mass is 9.98. The molecule has 0 saturated carbocycles. The van der Waals surface area contributed by atoms with Crippen LogP contribution in [0.2, 0.25) is 0 Å². The number of hydrogen-bond donors (Lipinski definition) is 1. The van der Waals surface area contributed by atoms with E-state index >= 15 is 0 Å². The fourth-order valence-corrected chi connectivity index (χ4v) is 2.32. The van der Waals surface area contributed by atoms with Gasteiger partial charge in [0.1, 0.15) is 0 Å². The third-order valence-electron chi connectivity index (χ3n) is 3.63. The van der Waals surface area contributed by atoms with Crippen LogP contribution in [-0.4, -0.2) is 24.6 Å². The highest BCUT2D eigenvalue weighted by Crippen LogP contribution is 2.22. The van der Waals surface area contributed by atoms with Crippen molar-refractivity contribution in [1.29, 1.82) is 0 Å². The Balaban J connectivity index is 1.88. The van der Waals surface area contributed by atoms with Crippen molar-refractivity contribution >= 4 is 0 Å². The first-order valence-corrected chi connectivity index (χ1v) is 7.18. The lowest BCUT2D eigenvalue weighted by molar-refractivity contribution is -0.164. The zero-order valence-corrected chi connectivity index (χ0v) is 11.8. The monoisotopic (exact) mass is 264 g/mol. The molecule has 2 unspecified atom stereocenters. The van der Waals surface area contributed by atoms with Crippen molar-refractivity contribution in [2.75, 3.05) is 13.2 Å². The van der Waals surface area contributed by atoms with Gasteiger partial charge in [-0.2, -0.15) is 0 Å². The fourth-order valence-electron chi connectivity index (χ4n) is 2.32. The predicted molar refractivity (Wildman–Crippen MR) is 75.0 cm³/mol. The Morgan fingerprint density at radius 2 is 2.11 bits per heavy atom. The van der Waals surface area contributed by atoms with Gasteiger partial charge in [0, 0.05) is 12.5 Å². The van der Waals surface area contributed by atoms with Gasteiger partial charge in [0.05, 0.1) is 12.7 Å². The molecule has 0 spiro atoms. The van der Waals surface area contributed by atoms with Crippen LogP contribution >= 0.6 is 0 Å². The molecule has 0 aromatic heterocycles. The van der Waals surface area contributed by atoms with Gasteiger partial charge in [-0.3, -0.25) is 0 Å². The summed E-state index contributed by atoms with van der Waals surface area (Å²) in [7, 11) is 0. The first-order chi connectivity index (χ1) is 9.16. The second kappa shape index (κ2) is 7.04. The molecule has 1 aliphatic rings. The molecule has 2 rings (SSSR count). The van der Waals surface area contributed by atoms with Crippen molar-refractivity contribution in [3.8, 4) is 0 Å². The van der Waals surface area contributed by atoms with Crippen LogP contribution in [0.5, 0.6) is 0 Å². The van der Waals surface area contributed by atoms with Gasteiger partial charge in [-0.1, -0.05) is 31.2 Å². The van der Waals surface area contributed by atoms with Crippen LogP contribution in [-0.2, 0) is 9.47 Å². The second-order valence-electron chi connectivity index (χ2n) is 5.38. The van der Waals surface area contributed by atoms with E-state index in [-0.39, 0.29) is 6.29 Å². The maximum atomic E-state index is 9.61. The van der Waals surface area contributed by atoms with Crippen molar-refractivity contribution in [3.63, 3.8) is 0 Å². The Morgan fingerprint density at radius 1 is 1.32 bits per heavy atom. The Kier molecular flexibility index (Phi) is 5.37. The highest BCUT2D eigenvalue weighted by Gasteiger charge is 2.16. The lowest BCUT2D eigenvalue weighted by Gasteiger charge is -2.24. The minimum Gasteiger partial charge on any atom is -0.389 e. The molecule has 1 aromatic carbocycles. The summed E-state index contributed by atoms with van der Waals surface area (Å²) >= 11 is 0. The molecule has 3 nitrogen and oxygen atoms in total. The molecule has 19 heavy (non-hydrogen) atoms. The van der Waals surface area contributed by atoms with Gasteiger partial charge < -0.3 is 14.6 Å². The summed E-state index contributed by atoms with van der Waals surface area (Å²) in [4.78, 5) is 0. The molecule has 1 aliphatic heterocycles. The van der Waals surface area contributed by atoms with Crippen LogP contribution in [0.4, 0.5) is 0 Å². The summed E-state index contributed by atoms with van der Waals surface area (Å²) in [6, 6.07) is 8.08. The van der Waals surface area contributed by atoms with Crippen molar-refractivity contribution in [2.24, 2.45) is 0 Å². The molecule has 0 aliphatic carbocycles. The highest BCUT2D eigenvalue weighted by molar-refractivity contribution is 5.27. The van der Waals surface area contributed by atoms with E-state index in [1.54, 1.807) is 6.92 Å². The molecule has 0 bridgehead atoms. The Hall–Kier alpha value is -0.900. The van der Waals surface area contributed by atoms with Gasteiger partial charge in [-0.15, -0.1) is 0 Å². The molecule has 0 amide bonds. The largest absolute Gasteiger partial charge is 0.389 e. The third kappa shape index (κ3) is 4.30. The summed E-state index contributed by atoms with van der Waals surface area (Å²) in [5.41, 5.74) is 2.16. The van der Waals surface area contributed by atoms with Crippen molar-refractivity contribution in [2.45, 2.75) is 51.4 Å². The first-order valence-electron chi connectivity index (χ1n) is 7.18. The van der Waals surface area contributed by atoms with Crippen molar-refractivity contribution < 1.29 is 14.6 Å². The van der Waals surface area contributed by atoms with Gasteiger partial charge in [-0.05, 0) is 37.3 Å². The minimum atomic E-state index is -0.422. The Morgan fingerprint density at radius 3 is 2.79 bits per heavy atom. The van der Waals surface area contributed by atoms with Gasteiger partial charge in [0.25, 0.3) is 0 Å². The van der Waals surface area contributed by atoms with E-state index in [2.05, 4.69) is 19.1 Å². The molecular weight excluding hydrogens is 240 g/mol. The fraction of sp³-hybridized carbons (Fsp3) is 0.625. The number of aliphatic hydroxyl groups excluding tert-OH is 1. The molecule has 1 saturated heterocycles. The van der Waals surface area contributed by atoms with Gasteiger partial charge in [0.2, 0.25) is 0 Å². The maximum Gasteiger partial charge on any atom is 0.157 e. The lowest BCUT2D eigenvalue weighted by Crippen LogP contribution is -2.24. The number of aliphatic hydroxyl groups is 1. The molecule has 0 radical (unpaired) electrons. The Labute approximate surface area is 115 Å². The normalized spacial score (nSPS) is 23.0. The van der Waals surface area contributed by atoms with Gasteiger partial charge in [-0.25, -0.2) is 0 Å². The van der Waals surface area contributed by atoms with Crippen LogP contribution in [0.25, 0.3) is 0 Å². The molecule has 1 aromatic rings. The van der Waals surface area contributed by atoms with Crippen LogP contribution in [0.15, 0.2) is 24.3 Å². The average molecular weight is 264 g/mol. The quantitative estimate of drug-likeness (QED) is 0.886. The number of benzene rings is 1. The Bertz CT molecular complexity index is 383. The molecule has 3 atom stereocenters. The minimum absolute atomic E-state index is 0.0313. The highest BCUT2D eigenvalue weighted by atomic mass is 16.7. The average Bonchev–Trinajstić information content (AvgIpc) is 2.46. The zero-order valence-electron chi connectivity index (χ0n) is 11.8. The van der Waals surface area contributed by atoms with Gasteiger partial charge >= 0.3 is 0 Å². The van der Waals surface area contributed by atoms with E-state index in [0.29, 0.717) is 12.5 Å². The zero-order chi connectivity index (χ0) is 13.7. The standard InChI is InChI=1S/C16H24O3/c1-12(11-19-16-8-3-4-9-18-16)14-6-5-7-15(10-14)13(2)17/h5-7,10,12-13,16-17H,3-4,8-9,11H2,1-2H3/t12-,13?,16?/m1/s1. The summed E-state index contributed by atoms with van der Waals surface area (Å²) in [5.74, 6) is 0.309. The summed E-state index contributed by atoms with van der Waals surface area (Å²) in [5, 5.41) is 9.61. The smallest absolute Gasteiger partial charge is 0.157 e. The summed E-state index contributed by atoms with van der Waals surface area (Å²) in [6.07, 6.45) is 2.88. The SMILES string of the molecule is CC(O)c1cccc([C@H](C)COC2CCCCO2)c1. The maximum absolute atomic E-state index is 9.61. The molecule has 1 fully saturated rings. The van der Waals surface area contributed by atoms with Crippen LogP contribution in [0, 0.1) is 0 Å². The van der Waals surface area contributed by atoms with E-state index in [0.717, 1.165) is 25.0 Å². The van der Waals surface area contributed by atoms with E-state index < -0.39 is 6.10 Å². The molecule has 3 heteroatoms. The van der Waals surface area contributed by atoms with E-state index in [4.69, 9.17) is 9.47 Å². The number of hydrogen-bond acceptors (Lipinski definition) is 3. The van der Waals surface area contributed by atoms with Crippen molar-refractivity contribution in [3.05, 3.63) is 35.4 Å². The number of ether oxygens (including phenoxy) is 2. The summed E-state index contributed by atoms with van der Waals surface area (Å²) in [6.45, 7) is 5.41. The molecule has 1 N–H and O–H groups in total.